The Bertz CT molecular complexity index is 1010. The zero-order valence-corrected chi connectivity index (χ0v) is 20.2. The van der Waals surface area contributed by atoms with Crippen LogP contribution in [0.1, 0.15) is 32.8 Å². The fourth-order valence-electron chi connectivity index (χ4n) is 2.89. The average Bonchev–Trinajstić information content (AvgIpc) is 2.75. The summed E-state index contributed by atoms with van der Waals surface area (Å²) in [6.07, 6.45) is 0.952. The molecule has 0 aliphatic heterocycles. The quantitative estimate of drug-likeness (QED) is 0.548. The summed E-state index contributed by atoms with van der Waals surface area (Å²) in [7, 11) is -0.296. The smallest absolute Gasteiger partial charge is 0.261 e. The van der Waals surface area contributed by atoms with E-state index in [4.69, 9.17) is 14.2 Å². The minimum Gasteiger partial charge on any atom is -0.493 e. The third kappa shape index (κ3) is 7.05. The van der Waals surface area contributed by atoms with Crippen LogP contribution in [0.3, 0.4) is 0 Å². The SMILES string of the molecule is CC[C@@H](Oc1ccc(N(C)S(C)(=O)=O)cc1)C(=O)NCc1ccc(OC(C)C)c(OC)c1. The third-order valence-corrected chi connectivity index (χ3v) is 5.90. The van der Waals surface area contributed by atoms with Crippen molar-refractivity contribution in [3.63, 3.8) is 0 Å². The largest absolute Gasteiger partial charge is 0.493 e. The molecule has 2 aromatic carbocycles. The van der Waals surface area contributed by atoms with E-state index in [1.807, 2.05) is 39.0 Å². The van der Waals surface area contributed by atoms with Gasteiger partial charge >= 0.3 is 0 Å². The van der Waals surface area contributed by atoms with E-state index >= 15 is 0 Å². The van der Waals surface area contributed by atoms with Crippen molar-refractivity contribution in [2.45, 2.75) is 45.9 Å². The number of ether oxygens (including phenoxy) is 3. The molecule has 0 aliphatic carbocycles. The van der Waals surface area contributed by atoms with E-state index < -0.39 is 16.1 Å². The van der Waals surface area contributed by atoms with Crippen LogP contribution < -0.4 is 23.8 Å². The van der Waals surface area contributed by atoms with Crippen LogP contribution in [0.15, 0.2) is 42.5 Å². The van der Waals surface area contributed by atoms with Crippen LogP contribution in [0, 0.1) is 0 Å². The van der Waals surface area contributed by atoms with Crippen LogP contribution in [0.25, 0.3) is 0 Å². The summed E-state index contributed by atoms with van der Waals surface area (Å²) in [5.74, 6) is 1.49. The summed E-state index contributed by atoms with van der Waals surface area (Å²) in [6, 6.07) is 12.1. The van der Waals surface area contributed by atoms with Crippen LogP contribution in [-0.2, 0) is 21.4 Å². The predicted molar refractivity (Wildman–Crippen MR) is 125 cm³/mol. The van der Waals surface area contributed by atoms with Gasteiger partial charge in [-0.2, -0.15) is 0 Å². The summed E-state index contributed by atoms with van der Waals surface area (Å²) in [5, 5.41) is 2.88. The van der Waals surface area contributed by atoms with Crippen LogP contribution in [0.2, 0.25) is 0 Å². The summed E-state index contributed by atoms with van der Waals surface area (Å²) >= 11 is 0. The lowest BCUT2D eigenvalue weighted by molar-refractivity contribution is -0.128. The van der Waals surface area contributed by atoms with E-state index in [2.05, 4.69) is 5.32 Å². The number of rotatable bonds is 11. The number of sulfonamides is 1. The van der Waals surface area contributed by atoms with E-state index in [1.54, 1.807) is 31.4 Å². The first kappa shape index (κ1) is 25.3. The molecule has 1 N–H and O–H groups in total. The van der Waals surface area contributed by atoms with Crippen molar-refractivity contribution < 1.29 is 27.4 Å². The number of nitrogens with zero attached hydrogens (tertiary/aromatic N) is 1. The Morgan fingerprint density at radius 1 is 1.06 bits per heavy atom. The molecule has 2 rings (SSSR count). The Balaban J connectivity index is 2.00. The second-order valence-electron chi connectivity index (χ2n) is 7.61. The molecule has 176 valence electrons. The molecule has 0 radical (unpaired) electrons. The van der Waals surface area contributed by atoms with Gasteiger partial charge in [0.25, 0.3) is 5.91 Å². The van der Waals surface area contributed by atoms with Crippen molar-refractivity contribution in [3.8, 4) is 17.2 Å². The summed E-state index contributed by atoms with van der Waals surface area (Å²) < 4.78 is 41.4. The van der Waals surface area contributed by atoms with Gasteiger partial charge in [0.2, 0.25) is 10.0 Å². The molecule has 32 heavy (non-hydrogen) atoms. The number of carbonyl (C=O) groups is 1. The zero-order valence-electron chi connectivity index (χ0n) is 19.4. The van der Waals surface area contributed by atoms with Crippen molar-refractivity contribution >= 4 is 21.6 Å². The van der Waals surface area contributed by atoms with E-state index in [-0.39, 0.29) is 12.0 Å². The first-order valence-electron chi connectivity index (χ1n) is 10.4. The molecule has 1 amide bonds. The summed E-state index contributed by atoms with van der Waals surface area (Å²) in [5.41, 5.74) is 1.38. The Kier molecular flexibility index (Phi) is 8.77. The summed E-state index contributed by atoms with van der Waals surface area (Å²) in [6.45, 7) is 6.05. The maximum Gasteiger partial charge on any atom is 0.261 e. The highest BCUT2D eigenvalue weighted by Gasteiger charge is 2.19. The number of methoxy groups -OCH3 is 1. The van der Waals surface area contributed by atoms with Gasteiger partial charge in [-0.15, -0.1) is 0 Å². The van der Waals surface area contributed by atoms with Crippen LogP contribution >= 0.6 is 0 Å². The van der Waals surface area contributed by atoms with Crippen molar-refractivity contribution in [2.75, 3.05) is 24.7 Å². The van der Waals surface area contributed by atoms with Crippen molar-refractivity contribution in [1.82, 2.24) is 5.32 Å². The Hall–Kier alpha value is -2.94. The third-order valence-electron chi connectivity index (χ3n) is 4.70. The molecule has 0 fully saturated rings. The Labute approximate surface area is 190 Å². The van der Waals surface area contributed by atoms with Gasteiger partial charge in [-0.3, -0.25) is 9.10 Å². The van der Waals surface area contributed by atoms with E-state index in [9.17, 15) is 13.2 Å². The second-order valence-corrected chi connectivity index (χ2v) is 9.62. The number of anilines is 1. The Morgan fingerprint density at radius 2 is 1.72 bits per heavy atom. The van der Waals surface area contributed by atoms with Gasteiger partial charge in [0.1, 0.15) is 5.75 Å². The average molecular weight is 465 g/mol. The highest BCUT2D eigenvalue weighted by molar-refractivity contribution is 7.92. The van der Waals surface area contributed by atoms with Crippen molar-refractivity contribution in [2.24, 2.45) is 0 Å². The van der Waals surface area contributed by atoms with Gasteiger partial charge in [-0.05, 0) is 62.2 Å². The molecular weight excluding hydrogens is 432 g/mol. The summed E-state index contributed by atoms with van der Waals surface area (Å²) in [4.78, 5) is 12.6. The van der Waals surface area contributed by atoms with Gasteiger partial charge in [0.15, 0.2) is 17.6 Å². The molecule has 0 spiro atoms. The van der Waals surface area contributed by atoms with Crippen LogP contribution in [0.4, 0.5) is 5.69 Å². The Morgan fingerprint density at radius 3 is 2.25 bits per heavy atom. The van der Waals surface area contributed by atoms with Crippen molar-refractivity contribution in [1.29, 1.82) is 0 Å². The highest BCUT2D eigenvalue weighted by Crippen LogP contribution is 2.29. The molecule has 0 bridgehead atoms. The molecule has 1 atom stereocenters. The number of carbonyl (C=O) groups excluding carboxylic acids is 1. The standard InChI is InChI=1S/C23H32N2O6S/c1-7-20(31-19-11-9-18(10-12-19)25(4)32(6,27)28)23(26)24-15-17-8-13-21(30-16(2)3)22(14-17)29-5/h8-14,16,20H,7,15H2,1-6H3,(H,24,26)/t20-/m1/s1. The maximum atomic E-state index is 12.6. The minimum absolute atomic E-state index is 0.0257. The van der Waals surface area contributed by atoms with Gasteiger partial charge in [0.05, 0.1) is 25.2 Å². The monoisotopic (exact) mass is 464 g/mol. The first-order valence-corrected chi connectivity index (χ1v) is 12.2. The topological polar surface area (TPSA) is 94.2 Å². The fourth-order valence-corrected chi connectivity index (χ4v) is 3.39. The molecule has 0 aromatic heterocycles. The molecule has 0 heterocycles. The lowest BCUT2D eigenvalue weighted by Crippen LogP contribution is -2.37. The molecule has 8 nitrogen and oxygen atoms in total. The number of hydrogen-bond donors (Lipinski definition) is 1. The molecule has 2 aromatic rings. The normalized spacial score (nSPS) is 12.2. The zero-order chi connectivity index (χ0) is 23.9. The molecule has 0 saturated heterocycles. The molecule has 0 aliphatic rings. The van der Waals surface area contributed by atoms with Gasteiger partial charge in [-0.1, -0.05) is 13.0 Å². The number of hydrogen-bond acceptors (Lipinski definition) is 6. The highest BCUT2D eigenvalue weighted by atomic mass is 32.2. The number of amides is 1. The van der Waals surface area contributed by atoms with E-state index in [0.29, 0.717) is 35.9 Å². The van der Waals surface area contributed by atoms with Gasteiger partial charge in [-0.25, -0.2) is 8.42 Å². The first-order chi connectivity index (χ1) is 15.0. The second kappa shape index (κ2) is 11.1. The predicted octanol–water partition coefficient (Wildman–Crippen LogP) is 3.35. The fraction of sp³-hybridized carbons (Fsp3) is 0.435. The van der Waals surface area contributed by atoms with Crippen LogP contribution in [0.5, 0.6) is 17.2 Å². The molecular formula is C23H32N2O6S. The van der Waals surface area contributed by atoms with Crippen LogP contribution in [-0.4, -0.2) is 46.9 Å². The molecule has 0 unspecified atom stereocenters. The maximum absolute atomic E-state index is 12.6. The molecule has 0 saturated carbocycles. The van der Waals surface area contributed by atoms with Gasteiger partial charge < -0.3 is 19.5 Å². The van der Waals surface area contributed by atoms with E-state index in [0.717, 1.165) is 11.8 Å². The lowest BCUT2D eigenvalue weighted by atomic mass is 10.2. The minimum atomic E-state index is -3.35. The number of nitrogens with one attached hydrogen (secondary N) is 1. The van der Waals surface area contributed by atoms with Gasteiger partial charge in [0, 0.05) is 13.6 Å². The molecule has 9 heteroatoms. The van der Waals surface area contributed by atoms with Crippen molar-refractivity contribution in [3.05, 3.63) is 48.0 Å². The number of benzene rings is 2. The lowest BCUT2D eigenvalue weighted by Gasteiger charge is -2.20. The van der Waals surface area contributed by atoms with E-state index in [1.165, 1.54) is 11.4 Å².